The molecule has 0 amide bonds. The lowest BCUT2D eigenvalue weighted by molar-refractivity contribution is 0.0689. The third-order valence-electron chi connectivity index (χ3n) is 2.28. The molecule has 0 fully saturated rings. The molecular formula is C11H11N3O2. The van der Waals surface area contributed by atoms with Crippen molar-refractivity contribution in [2.75, 3.05) is 0 Å². The summed E-state index contributed by atoms with van der Waals surface area (Å²) < 4.78 is 1.67. The molecule has 0 bridgehead atoms. The van der Waals surface area contributed by atoms with Crippen molar-refractivity contribution in [3.63, 3.8) is 0 Å². The lowest BCUT2D eigenvalue weighted by Crippen LogP contribution is -2.05. The molecule has 82 valence electrons. The first kappa shape index (κ1) is 10.4. The zero-order valence-electron chi connectivity index (χ0n) is 8.79. The first-order valence-corrected chi connectivity index (χ1v) is 4.83. The monoisotopic (exact) mass is 217 g/mol. The second-order valence-electron chi connectivity index (χ2n) is 3.49. The number of carboxylic acid groups (broad SMARTS) is 1. The van der Waals surface area contributed by atoms with E-state index in [4.69, 9.17) is 5.11 Å². The number of aryl methyl sites for hydroxylation is 1. The van der Waals surface area contributed by atoms with E-state index in [-0.39, 0.29) is 5.69 Å². The number of nitrogens with zero attached hydrogens (tertiary/aromatic N) is 3. The summed E-state index contributed by atoms with van der Waals surface area (Å²) in [6, 6.07) is 5.31. The highest BCUT2D eigenvalue weighted by atomic mass is 16.4. The highest BCUT2D eigenvalue weighted by Crippen LogP contribution is 2.07. The van der Waals surface area contributed by atoms with Gasteiger partial charge in [-0.25, -0.2) is 4.79 Å². The Kier molecular flexibility index (Phi) is 2.68. The third-order valence-corrected chi connectivity index (χ3v) is 2.28. The molecule has 0 aromatic carbocycles. The number of carboxylic acids is 1. The van der Waals surface area contributed by atoms with E-state index < -0.39 is 5.97 Å². The van der Waals surface area contributed by atoms with Crippen LogP contribution in [-0.2, 0) is 6.54 Å². The molecule has 0 atom stereocenters. The fourth-order valence-corrected chi connectivity index (χ4v) is 1.44. The van der Waals surface area contributed by atoms with Gasteiger partial charge in [-0.2, -0.15) is 5.10 Å². The van der Waals surface area contributed by atoms with Crippen LogP contribution in [0.1, 0.15) is 21.7 Å². The number of pyridine rings is 1. The SMILES string of the molecule is Cc1cc(C(=O)O)nn1Cc1ccncc1. The number of rotatable bonds is 3. The Balaban J connectivity index is 2.25. The van der Waals surface area contributed by atoms with Gasteiger partial charge in [0.25, 0.3) is 0 Å². The zero-order valence-corrected chi connectivity index (χ0v) is 8.79. The average Bonchev–Trinajstić information content (AvgIpc) is 2.62. The van der Waals surface area contributed by atoms with Crippen LogP contribution in [0, 0.1) is 6.92 Å². The van der Waals surface area contributed by atoms with E-state index in [0.29, 0.717) is 6.54 Å². The lowest BCUT2D eigenvalue weighted by atomic mass is 10.3. The fourth-order valence-electron chi connectivity index (χ4n) is 1.44. The number of carbonyl (C=O) groups is 1. The Morgan fingerprint density at radius 2 is 2.12 bits per heavy atom. The normalized spacial score (nSPS) is 10.3. The van der Waals surface area contributed by atoms with Gasteiger partial charge in [-0.3, -0.25) is 9.67 Å². The highest BCUT2D eigenvalue weighted by Gasteiger charge is 2.10. The van der Waals surface area contributed by atoms with E-state index in [0.717, 1.165) is 11.3 Å². The molecule has 0 aliphatic carbocycles. The molecule has 2 aromatic rings. The summed E-state index contributed by atoms with van der Waals surface area (Å²) in [4.78, 5) is 14.7. The molecule has 0 spiro atoms. The van der Waals surface area contributed by atoms with E-state index in [9.17, 15) is 4.79 Å². The summed E-state index contributed by atoms with van der Waals surface area (Å²) in [6.45, 7) is 2.39. The topological polar surface area (TPSA) is 68.0 Å². The van der Waals surface area contributed by atoms with Crippen LogP contribution in [0.4, 0.5) is 0 Å². The average molecular weight is 217 g/mol. The Labute approximate surface area is 92.4 Å². The molecule has 2 heterocycles. The van der Waals surface area contributed by atoms with Crippen molar-refractivity contribution in [3.8, 4) is 0 Å². The Morgan fingerprint density at radius 1 is 1.44 bits per heavy atom. The largest absolute Gasteiger partial charge is 0.476 e. The fraction of sp³-hybridized carbons (Fsp3) is 0.182. The van der Waals surface area contributed by atoms with E-state index in [1.54, 1.807) is 23.1 Å². The van der Waals surface area contributed by atoms with E-state index in [1.807, 2.05) is 19.1 Å². The maximum absolute atomic E-state index is 10.7. The van der Waals surface area contributed by atoms with Gasteiger partial charge in [-0.15, -0.1) is 0 Å². The van der Waals surface area contributed by atoms with Gasteiger partial charge in [0.05, 0.1) is 6.54 Å². The lowest BCUT2D eigenvalue weighted by Gasteiger charge is -2.03. The van der Waals surface area contributed by atoms with E-state index in [2.05, 4.69) is 10.1 Å². The van der Waals surface area contributed by atoms with E-state index in [1.165, 1.54) is 0 Å². The molecule has 0 aliphatic heterocycles. The summed E-state index contributed by atoms with van der Waals surface area (Å²) in [6.07, 6.45) is 3.40. The Morgan fingerprint density at radius 3 is 2.69 bits per heavy atom. The molecule has 1 N–H and O–H groups in total. The number of aromatic carboxylic acids is 1. The Bertz CT molecular complexity index is 505. The van der Waals surface area contributed by atoms with Crippen LogP contribution in [-0.4, -0.2) is 25.8 Å². The second-order valence-corrected chi connectivity index (χ2v) is 3.49. The van der Waals surface area contributed by atoms with Gasteiger partial charge in [-0.1, -0.05) is 0 Å². The maximum atomic E-state index is 10.7. The van der Waals surface area contributed by atoms with Gasteiger partial charge in [0.2, 0.25) is 0 Å². The predicted octanol–water partition coefficient (Wildman–Crippen LogP) is 1.33. The summed E-state index contributed by atoms with van der Waals surface area (Å²) in [5, 5.41) is 12.8. The smallest absolute Gasteiger partial charge is 0.356 e. The number of aromatic nitrogens is 3. The van der Waals surface area contributed by atoms with Crippen LogP contribution in [0.15, 0.2) is 30.6 Å². The van der Waals surface area contributed by atoms with Gasteiger partial charge >= 0.3 is 5.97 Å². The van der Waals surface area contributed by atoms with Crippen molar-refractivity contribution < 1.29 is 9.90 Å². The molecule has 0 aliphatic rings. The molecule has 0 unspecified atom stereocenters. The van der Waals surface area contributed by atoms with Gasteiger partial charge in [0, 0.05) is 18.1 Å². The minimum Gasteiger partial charge on any atom is -0.476 e. The minimum atomic E-state index is -1.00. The minimum absolute atomic E-state index is 0.0755. The van der Waals surface area contributed by atoms with Crippen molar-refractivity contribution in [2.24, 2.45) is 0 Å². The van der Waals surface area contributed by atoms with E-state index >= 15 is 0 Å². The Hall–Kier alpha value is -2.17. The quantitative estimate of drug-likeness (QED) is 0.842. The van der Waals surface area contributed by atoms with Crippen molar-refractivity contribution >= 4 is 5.97 Å². The molecular weight excluding hydrogens is 206 g/mol. The van der Waals surface area contributed by atoms with Crippen LogP contribution in [0.3, 0.4) is 0 Å². The maximum Gasteiger partial charge on any atom is 0.356 e. The molecule has 2 aromatic heterocycles. The van der Waals surface area contributed by atoms with Crippen LogP contribution in [0.5, 0.6) is 0 Å². The molecule has 5 heteroatoms. The molecule has 0 saturated heterocycles. The number of hydrogen-bond acceptors (Lipinski definition) is 3. The van der Waals surface area contributed by atoms with Gasteiger partial charge in [0.1, 0.15) is 0 Å². The standard InChI is InChI=1S/C11H11N3O2/c1-8-6-10(11(15)16)13-14(8)7-9-2-4-12-5-3-9/h2-6H,7H2,1H3,(H,15,16). The third kappa shape index (κ3) is 2.08. The molecule has 2 rings (SSSR count). The summed E-state index contributed by atoms with van der Waals surface area (Å²) >= 11 is 0. The van der Waals surface area contributed by atoms with Crippen LogP contribution in [0.25, 0.3) is 0 Å². The van der Waals surface area contributed by atoms with Gasteiger partial charge < -0.3 is 5.11 Å². The number of hydrogen-bond donors (Lipinski definition) is 1. The molecule has 0 radical (unpaired) electrons. The molecule has 5 nitrogen and oxygen atoms in total. The van der Waals surface area contributed by atoms with Crippen LogP contribution >= 0.6 is 0 Å². The first-order chi connectivity index (χ1) is 7.66. The van der Waals surface area contributed by atoms with Crippen molar-refractivity contribution in [3.05, 3.63) is 47.5 Å². The second kappa shape index (κ2) is 4.14. The van der Waals surface area contributed by atoms with Crippen molar-refractivity contribution in [2.45, 2.75) is 13.5 Å². The zero-order chi connectivity index (χ0) is 11.5. The van der Waals surface area contributed by atoms with Crippen LogP contribution in [0.2, 0.25) is 0 Å². The molecule has 16 heavy (non-hydrogen) atoms. The van der Waals surface area contributed by atoms with Crippen LogP contribution < -0.4 is 0 Å². The summed E-state index contributed by atoms with van der Waals surface area (Å²) in [5.41, 5.74) is 1.94. The summed E-state index contributed by atoms with van der Waals surface area (Å²) in [5.74, 6) is -1.00. The predicted molar refractivity (Wildman–Crippen MR) is 57.3 cm³/mol. The van der Waals surface area contributed by atoms with Crippen molar-refractivity contribution in [1.82, 2.24) is 14.8 Å². The van der Waals surface area contributed by atoms with Gasteiger partial charge in [-0.05, 0) is 30.7 Å². The first-order valence-electron chi connectivity index (χ1n) is 4.83. The summed E-state index contributed by atoms with van der Waals surface area (Å²) in [7, 11) is 0. The highest BCUT2D eigenvalue weighted by molar-refractivity contribution is 5.85. The van der Waals surface area contributed by atoms with Crippen molar-refractivity contribution in [1.29, 1.82) is 0 Å². The molecule has 0 saturated carbocycles. The van der Waals surface area contributed by atoms with Gasteiger partial charge in [0.15, 0.2) is 5.69 Å².